The fraction of sp³-hybridized carbons (Fsp3) is 0.400. The zero-order valence-corrected chi connectivity index (χ0v) is 22.0. The van der Waals surface area contributed by atoms with Gasteiger partial charge in [0.05, 0.1) is 0 Å². The van der Waals surface area contributed by atoms with Crippen molar-refractivity contribution in [3.05, 3.63) is 76.6 Å². The molecule has 0 radical (unpaired) electrons. The smallest absolute Gasteiger partial charge is 0.406 e. The Morgan fingerprint density at radius 2 is 1.92 bits per heavy atom. The summed E-state index contributed by atoms with van der Waals surface area (Å²) < 4.78 is 67.1. The summed E-state index contributed by atoms with van der Waals surface area (Å²) in [6, 6.07) is 10.7. The second kappa shape index (κ2) is 12.4. The van der Waals surface area contributed by atoms with Gasteiger partial charge in [-0.15, -0.1) is 13.2 Å². The lowest BCUT2D eigenvalue weighted by molar-refractivity contribution is -0.274. The van der Waals surface area contributed by atoms with Crippen molar-refractivity contribution in [1.82, 2.24) is 19.9 Å². The maximum atomic E-state index is 12.3. The Morgan fingerprint density at radius 3 is 2.55 bits per heavy atom. The van der Waals surface area contributed by atoms with Crippen molar-refractivity contribution in [3.63, 3.8) is 0 Å². The molecule has 0 bridgehead atoms. The third kappa shape index (κ3) is 8.55. The molecule has 208 valence electrons. The summed E-state index contributed by atoms with van der Waals surface area (Å²) in [5, 5.41) is 0. The highest BCUT2D eigenvalue weighted by Gasteiger charge is 2.31. The third-order valence-electron chi connectivity index (χ3n) is 6.12. The first kappa shape index (κ1) is 29.1. The topological polar surface area (TPSA) is 117 Å². The number of H-pyrrole nitrogens is 1. The van der Waals surface area contributed by atoms with Gasteiger partial charge in [-0.3, -0.25) is 9.52 Å². The van der Waals surface area contributed by atoms with E-state index in [-0.39, 0.29) is 29.1 Å². The Balaban J connectivity index is 0.000000268. The van der Waals surface area contributed by atoms with Crippen molar-refractivity contribution < 1.29 is 27.8 Å². The number of hydrogen-bond donors (Lipinski definition) is 2. The van der Waals surface area contributed by atoms with Gasteiger partial charge in [0, 0.05) is 25.4 Å². The van der Waals surface area contributed by atoms with Gasteiger partial charge in [0.15, 0.2) is 0 Å². The summed E-state index contributed by atoms with van der Waals surface area (Å²) >= 11 is 0. The molecule has 38 heavy (non-hydrogen) atoms. The first-order valence-corrected chi connectivity index (χ1v) is 13.3. The number of anilines is 1. The molecule has 2 N–H and O–H groups in total. The molecule has 1 aliphatic rings. The number of halogens is 3. The number of benzene rings is 1. The molecule has 1 aliphatic carbocycles. The van der Waals surface area contributed by atoms with E-state index in [0.29, 0.717) is 12.0 Å². The number of alkyl halides is 3. The molecule has 2 aromatic heterocycles. The molecule has 2 heterocycles. The molecule has 4 rings (SSSR count). The molecule has 9 nitrogen and oxygen atoms in total. The molecule has 0 saturated heterocycles. The van der Waals surface area contributed by atoms with Crippen LogP contribution in [0.2, 0.25) is 0 Å². The fourth-order valence-corrected chi connectivity index (χ4v) is 5.51. The van der Waals surface area contributed by atoms with Gasteiger partial charge in [-0.2, -0.15) is 0 Å². The molecule has 0 amide bonds. The number of hydrogen-bond acceptors (Lipinski definition) is 7. The Morgan fingerprint density at radius 1 is 1.16 bits per heavy atom. The first-order chi connectivity index (χ1) is 17.8. The Hall–Kier alpha value is -3.45. The van der Waals surface area contributed by atoms with Crippen LogP contribution in [-0.2, 0) is 10.0 Å². The number of aryl methyl sites for hydroxylation is 1. The molecule has 0 aliphatic heterocycles. The van der Waals surface area contributed by atoms with E-state index < -0.39 is 16.4 Å². The van der Waals surface area contributed by atoms with Crippen LogP contribution < -0.4 is 15.0 Å². The predicted octanol–water partition coefficient (Wildman–Crippen LogP) is 4.69. The van der Waals surface area contributed by atoms with Gasteiger partial charge in [0.2, 0.25) is 5.56 Å². The van der Waals surface area contributed by atoms with Crippen molar-refractivity contribution >= 4 is 15.8 Å². The second-order valence-electron chi connectivity index (χ2n) is 9.11. The molecule has 0 unspecified atom stereocenters. The SMILES string of the molecule is CN(C)[C@@H]1CCC[C@H](c2cccc(OC(F)(F)F)c2)C1.Cc1[nH]c(=O)ccc1S(=O)(=O)Nc1ccncn1.[HH]. The Labute approximate surface area is 220 Å². The normalized spacial score (nSPS) is 17.9. The van der Waals surface area contributed by atoms with E-state index in [9.17, 15) is 26.4 Å². The first-order valence-electron chi connectivity index (χ1n) is 11.8. The van der Waals surface area contributed by atoms with Gasteiger partial charge < -0.3 is 14.6 Å². The molecular weight excluding hydrogens is 523 g/mol. The maximum Gasteiger partial charge on any atom is 0.573 e. The highest BCUT2D eigenvalue weighted by atomic mass is 32.2. The minimum absolute atomic E-state index is 0. The molecule has 1 fully saturated rings. The number of ether oxygens (including phenoxy) is 1. The fourth-order valence-electron chi connectivity index (χ4n) is 4.30. The van der Waals surface area contributed by atoms with Gasteiger partial charge in [0.1, 0.15) is 22.8 Å². The molecule has 2 atom stereocenters. The second-order valence-corrected chi connectivity index (χ2v) is 10.8. The van der Waals surface area contributed by atoms with Gasteiger partial charge in [-0.1, -0.05) is 18.6 Å². The van der Waals surface area contributed by atoms with Crippen LogP contribution in [0, 0.1) is 6.92 Å². The summed E-state index contributed by atoms with van der Waals surface area (Å²) in [6.07, 6.45) is 2.31. The number of nitrogens with one attached hydrogen (secondary N) is 2. The van der Waals surface area contributed by atoms with Crippen molar-refractivity contribution in [1.29, 1.82) is 0 Å². The average molecular weight is 556 g/mol. The third-order valence-corrected chi connectivity index (χ3v) is 7.62. The number of rotatable bonds is 6. The quantitative estimate of drug-likeness (QED) is 0.453. The van der Waals surface area contributed by atoms with Crippen LogP contribution >= 0.6 is 0 Å². The van der Waals surface area contributed by atoms with Gasteiger partial charge in [-0.05, 0) is 76.0 Å². The minimum atomic E-state index is -4.63. The van der Waals surface area contributed by atoms with E-state index in [0.717, 1.165) is 37.3 Å². The molecule has 13 heteroatoms. The minimum Gasteiger partial charge on any atom is -0.406 e. The van der Waals surface area contributed by atoms with Crippen LogP contribution in [0.25, 0.3) is 0 Å². The molecular formula is C25H32F3N5O4S. The Bertz CT molecular complexity index is 1370. The van der Waals surface area contributed by atoms with Crippen LogP contribution in [0.15, 0.2) is 64.7 Å². The van der Waals surface area contributed by atoms with Crippen LogP contribution in [0.5, 0.6) is 5.75 Å². The Kier molecular flexibility index (Phi) is 9.50. The summed E-state index contributed by atoms with van der Waals surface area (Å²) in [5.74, 6) is 0.352. The van der Waals surface area contributed by atoms with E-state index in [1.54, 1.807) is 6.07 Å². The predicted molar refractivity (Wildman–Crippen MR) is 139 cm³/mol. The van der Waals surface area contributed by atoms with Crippen molar-refractivity contribution in [3.8, 4) is 5.75 Å². The lowest BCUT2D eigenvalue weighted by atomic mass is 9.81. The van der Waals surface area contributed by atoms with Crippen LogP contribution in [0.4, 0.5) is 19.0 Å². The van der Waals surface area contributed by atoms with Crippen molar-refractivity contribution in [2.75, 3.05) is 18.8 Å². The summed E-state index contributed by atoms with van der Waals surface area (Å²) in [7, 11) is 0.332. The van der Waals surface area contributed by atoms with Crippen LogP contribution in [0.3, 0.4) is 0 Å². The average Bonchev–Trinajstić information content (AvgIpc) is 2.84. The zero-order valence-electron chi connectivity index (χ0n) is 21.2. The summed E-state index contributed by atoms with van der Waals surface area (Å²) in [4.78, 5) is 23.1. The number of pyridine rings is 1. The van der Waals surface area contributed by atoms with Gasteiger partial charge in [0.25, 0.3) is 10.0 Å². The molecule has 3 aromatic rings. The van der Waals surface area contributed by atoms with Gasteiger partial charge in [-0.25, -0.2) is 18.4 Å². The highest BCUT2D eigenvalue weighted by molar-refractivity contribution is 7.92. The molecule has 1 aromatic carbocycles. The number of sulfonamides is 1. The monoisotopic (exact) mass is 555 g/mol. The summed E-state index contributed by atoms with van der Waals surface area (Å²) in [6.45, 7) is 1.51. The van der Waals surface area contributed by atoms with E-state index in [4.69, 9.17) is 0 Å². The van der Waals surface area contributed by atoms with Crippen LogP contribution in [-0.4, -0.2) is 54.8 Å². The van der Waals surface area contributed by atoms with E-state index in [2.05, 4.69) is 43.4 Å². The van der Waals surface area contributed by atoms with Crippen LogP contribution in [0.1, 0.15) is 44.3 Å². The van der Waals surface area contributed by atoms with Crippen molar-refractivity contribution in [2.45, 2.75) is 55.8 Å². The van der Waals surface area contributed by atoms with E-state index in [1.165, 1.54) is 43.7 Å². The van der Waals surface area contributed by atoms with Crippen molar-refractivity contribution in [2.24, 2.45) is 0 Å². The lowest BCUT2D eigenvalue weighted by Crippen LogP contribution is -2.32. The van der Waals surface area contributed by atoms with E-state index >= 15 is 0 Å². The number of aromatic amines is 1. The maximum absolute atomic E-state index is 12.3. The zero-order chi connectivity index (χ0) is 27.9. The largest absolute Gasteiger partial charge is 0.573 e. The standard InChI is InChI=1S/C15H20F3NO.C10H10N4O3S.H2/c1-19(2)13-7-3-5-11(9-13)12-6-4-8-14(10-12)20-15(16,17)18;1-7-8(2-3-10(15)13-7)18(16,17)14-9-4-5-11-6-12-9;/h4,6,8,10-11,13H,3,5,7,9H2,1-2H3;2-6H,1H3,(H,13,15)(H,11,12,14);1H/t11-,13+;;/m0../s1. The lowest BCUT2D eigenvalue weighted by Gasteiger charge is -2.33. The highest BCUT2D eigenvalue weighted by Crippen LogP contribution is 2.36. The van der Waals surface area contributed by atoms with E-state index in [1.807, 2.05) is 6.07 Å². The number of nitrogens with zero attached hydrogens (tertiary/aromatic N) is 3. The van der Waals surface area contributed by atoms with Gasteiger partial charge >= 0.3 is 6.36 Å². The molecule has 1 saturated carbocycles. The summed E-state index contributed by atoms with van der Waals surface area (Å²) in [5.41, 5.74) is 0.857. The number of aromatic nitrogens is 3. The molecule has 0 spiro atoms.